The molecular weight excluding hydrogens is 366 g/mol. The Balaban J connectivity index is 1.69. The van der Waals surface area contributed by atoms with Crippen LogP contribution in [-0.4, -0.2) is 25.1 Å². The van der Waals surface area contributed by atoms with Crippen LogP contribution in [0.2, 0.25) is 5.02 Å². The van der Waals surface area contributed by atoms with Gasteiger partial charge in [0, 0.05) is 23.1 Å². The fourth-order valence-electron chi connectivity index (χ4n) is 3.08. The lowest BCUT2D eigenvalue weighted by Gasteiger charge is -2.27. The Morgan fingerprint density at radius 3 is 2.56 bits per heavy atom. The van der Waals surface area contributed by atoms with E-state index < -0.39 is 11.9 Å². The van der Waals surface area contributed by atoms with Crippen LogP contribution in [0.25, 0.3) is 0 Å². The summed E-state index contributed by atoms with van der Waals surface area (Å²) in [7, 11) is 0. The van der Waals surface area contributed by atoms with Gasteiger partial charge in [0.05, 0.1) is 5.57 Å². The maximum Gasteiger partial charge on any atom is 0.336 e. The summed E-state index contributed by atoms with van der Waals surface area (Å²) in [5.41, 5.74) is 1.65. The number of ether oxygens (including phenoxy) is 2. The Morgan fingerprint density at radius 1 is 1.11 bits per heavy atom. The highest BCUT2D eigenvalue weighted by molar-refractivity contribution is 6.31. The van der Waals surface area contributed by atoms with Gasteiger partial charge in [0.1, 0.15) is 19.0 Å². The molecule has 0 unspecified atom stereocenters. The van der Waals surface area contributed by atoms with Crippen molar-refractivity contribution in [3.05, 3.63) is 76.5 Å². The second-order valence-electron chi connectivity index (χ2n) is 6.16. The summed E-state index contributed by atoms with van der Waals surface area (Å²) in [5, 5.41) is 3.23. The molecule has 1 aliphatic heterocycles. The van der Waals surface area contributed by atoms with E-state index in [1.54, 1.807) is 13.0 Å². The van der Waals surface area contributed by atoms with Gasteiger partial charge >= 0.3 is 5.97 Å². The summed E-state index contributed by atoms with van der Waals surface area (Å²) in [4.78, 5) is 24.7. The molecule has 0 saturated carbocycles. The third-order valence-corrected chi connectivity index (χ3v) is 4.64. The second kappa shape index (κ2) is 8.73. The minimum atomic E-state index is -0.478. The molecule has 0 aliphatic carbocycles. The quantitative estimate of drug-likeness (QED) is 0.606. The molecule has 3 rings (SSSR count). The number of amides is 1. The number of halogens is 1. The van der Waals surface area contributed by atoms with Crippen LogP contribution in [0.15, 0.2) is 65.9 Å². The molecule has 1 heterocycles. The number of hydrogen-bond acceptors (Lipinski definition) is 4. The topological polar surface area (TPSA) is 64.6 Å². The van der Waals surface area contributed by atoms with Crippen LogP contribution in [0.5, 0.6) is 5.75 Å². The van der Waals surface area contributed by atoms with E-state index in [1.807, 2.05) is 48.5 Å². The summed E-state index contributed by atoms with van der Waals surface area (Å²) in [5.74, 6) is -0.353. The average Bonchev–Trinajstić information content (AvgIpc) is 2.65. The molecule has 0 fully saturated rings. The molecule has 0 bridgehead atoms. The summed E-state index contributed by atoms with van der Waals surface area (Å²) < 4.78 is 10.9. The number of esters is 1. The fraction of sp³-hybridized carbons (Fsp3) is 0.238. The van der Waals surface area contributed by atoms with Gasteiger partial charge < -0.3 is 14.8 Å². The SMILES string of the molecule is CC1=C(C(=O)OCCOc2ccccc2)[C@@H](c2ccccc2Cl)CC(=O)N1. The smallest absolute Gasteiger partial charge is 0.336 e. The van der Waals surface area contributed by atoms with Crippen molar-refractivity contribution in [2.45, 2.75) is 19.3 Å². The molecule has 2 aromatic rings. The number of carbonyl (C=O) groups excluding carboxylic acids is 2. The first-order valence-electron chi connectivity index (χ1n) is 8.66. The summed E-state index contributed by atoms with van der Waals surface area (Å²) in [6.07, 6.45) is 0.145. The van der Waals surface area contributed by atoms with Gasteiger partial charge in [0.15, 0.2) is 0 Å². The molecule has 1 atom stereocenters. The zero-order chi connectivity index (χ0) is 19.2. The van der Waals surface area contributed by atoms with E-state index >= 15 is 0 Å². The lowest BCUT2D eigenvalue weighted by Crippen LogP contribution is -2.34. The normalized spacial score (nSPS) is 16.7. The first-order chi connectivity index (χ1) is 13.1. The van der Waals surface area contributed by atoms with Gasteiger partial charge in [0.2, 0.25) is 5.91 Å². The highest BCUT2D eigenvalue weighted by atomic mass is 35.5. The molecule has 0 aromatic heterocycles. The van der Waals surface area contributed by atoms with E-state index in [4.69, 9.17) is 21.1 Å². The van der Waals surface area contributed by atoms with Gasteiger partial charge in [-0.25, -0.2) is 4.79 Å². The molecular formula is C21H20ClNO4. The number of allylic oxidation sites excluding steroid dienone is 1. The predicted molar refractivity (Wildman–Crippen MR) is 103 cm³/mol. The van der Waals surface area contributed by atoms with Gasteiger partial charge in [-0.3, -0.25) is 4.79 Å². The lowest BCUT2D eigenvalue weighted by molar-refractivity contribution is -0.140. The minimum absolute atomic E-state index is 0.105. The third-order valence-electron chi connectivity index (χ3n) is 4.30. The molecule has 1 amide bonds. The van der Waals surface area contributed by atoms with Crippen LogP contribution in [0.1, 0.15) is 24.8 Å². The first kappa shape index (κ1) is 19.0. The van der Waals surface area contributed by atoms with E-state index in [-0.39, 0.29) is 25.5 Å². The van der Waals surface area contributed by atoms with E-state index in [2.05, 4.69) is 5.32 Å². The van der Waals surface area contributed by atoms with Gasteiger partial charge in [0.25, 0.3) is 0 Å². The Labute approximate surface area is 162 Å². The largest absolute Gasteiger partial charge is 0.490 e. The van der Waals surface area contributed by atoms with Gasteiger partial charge in [-0.05, 0) is 30.7 Å². The van der Waals surface area contributed by atoms with Crippen LogP contribution < -0.4 is 10.1 Å². The molecule has 5 nitrogen and oxygen atoms in total. The maximum absolute atomic E-state index is 12.7. The monoisotopic (exact) mass is 385 g/mol. The average molecular weight is 386 g/mol. The number of rotatable bonds is 6. The zero-order valence-corrected chi connectivity index (χ0v) is 15.7. The van der Waals surface area contributed by atoms with Crippen molar-refractivity contribution >= 4 is 23.5 Å². The number of carbonyl (C=O) groups is 2. The molecule has 1 N–H and O–H groups in total. The van der Waals surface area contributed by atoms with E-state index in [0.717, 1.165) is 5.56 Å². The standard InChI is InChI=1S/C21H20ClNO4/c1-14-20(21(25)27-12-11-26-15-7-3-2-4-8-15)17(13-19(24)23-14)16-9-5-6-10-18(16)22/h2-10,17H,11-13H2,1H3,(H,23,24)/t17-/m1/s1. The number of nitrogens with one attached hydrogen (secondary N) is 1. The van der Waals surface area contributed by atoms with E-state index in [1.165, 1.54) is 0 Å². The predicted octanol–water partition coefficient (Wildman–Crippen LogP) is 3.84. The van der Waals surface area contributed by atoms with E-state index in [9.17, 15) is 9.59 Å². The van der Waals surface area contributed by atoms with E-state index in [0.29, 0.717) is 22.0 Å². The molecule has 2 aromatic carbocycles. The van der Waals surface area contributed by atoms with Crippen molar-refractivity contribution in [3.63, 3.8) is 0 Å². The van der Waals surface area contributed by atoms with Gasteiger partial charge in [-0.2, -0.15) is 0 Å². The van der Waals surface area contributed by atoms with Crippen LogP contribution in [0, 0.1) is 0 Å². The van der Waals surface area contributed by atoms with Gasteiger partial charge in [-0.1, -0.05) is 48.0 Å². The van der Waals surface area contributed by atoms with Crippen molar-refractivity contribution in [2.24, 2.45) is 0 Å². The molecule has 6 heteroatoms. The highest BCUT2D eigenvalue weighted by Gasteiger charge is 2.33. The van der Waals surface area contributed by atoms with Gasteiger partial charge in [-0.15, -0.1) is 0 Å². The molecule has 0 saturated heterocycles. The fourth-order valence-corrected chi connectivity index (χ4v) is 3.35. The third kappa shape index (κ3) is 4.68. The Hall–Kier alpha value is -2.79. The number of para-hydroxylation sites is 1. The van der Waals surface area contributed by atoms with Crippen molar-refractivity contribution < 1.29 is 19.1 Å². The maximum atomic E-state index is 12.7. The van der Waals surface area contributed by atoms with Crippen molar-refractivity contribution in [3.8, 4) is 5.75 Å². The van der Waals surface area contributed by atoms with Crippen molar-refractivity contribution in [1.82, 2.24) is 5.32 Å². The number of benzene rings is 2. The molecule has 140 valence electrons. The zero-order valence-electron chi connectivity index (χ0n) is 14.9. The summed E-state index contributed by atoms with van der Waals surface area (Å²) in [6, 6.07) is 16.5. The lowest BCUT2D eigenvalue weighted by atomic mass is 9.84. The summed E-state index contributed by atoms with van der Waals surface area (Å²) in [6.45, 7) is 2.04. The first-order valence-corrected chi connectivity index (χ1v) is 9.04. The van der Waals surface area contributed by atoms with Crippen molar-refractivity contribution in [2.75, 3.05) is 13.2 Å². The Morgan fingerprint density at radius 2 is 1.81 bits per heavy atom. The van der Waals surface area contributed by atoms with Crippen LogP contribution in [0.4, 0.5) is 0 Å². The number of hydrogen-bond donors (Lipinski definition) is 1. The highest BCUT2D eigenvalue weighted by Crippen LogP contribution is 2.36. The van der Waals surface area contributed by atoms with Crippen LogP contribution in [0.3, 0.4) is 0 Å². The Kier molecular flexibility index (Phi) is 6.14. The molecule has 0 spiro atoms. The molecule has 27 heavy (non-hydrogen) atoms. The minimum Gasteiger partial charge on any atom is -0.490 e. The molecule has 1 aliphatic rings. The second-order valence-corrected chi connectivity index (χ2v) is 6.57. The summed E-state index contributed by atoms with van der Waals surface area (Å²) >= 11 is 6.29. The van der Waals surface area contributed by atoms with Crippen molar-refractivity contribution in [1.29, 1.82) is 0 Å². The van der Waals surface area contributed by atoms with Crippen LogP contribution in [-0.2, 0) is 14.3 Å². The van der Waals surface area contributed by atoms with Crippen LogP contribution >= 0.6 is 11.6 Å². The molecule has 0 radical (unpaired) electrons. The Bertz CT molecular complexity index is 863.